The largest absolute Gasteiger partial charge is 0.376 e. The summed E-state index contributed by atoms with van der Waals surface area (Å²) >= 11 is 2.44. The summed E-state index contributed by atoms with van der Waals surface area (Å²) in [7, 11) is 0. The van der Waals surface area contributed by atoms with Crippen LogP contribution in [0.1, 0.15) is 12.8 Å². The predicted octanol–water partition coefficient (Wildman–Crippen LogP) is 2.39. The lowest BCUT2D eigenvalue weighted by Crippen LogP contribution is -2.34. The van der Waals surface area contributed by atoms with E-state index in [2.05, 4.69) is 26.1 Å². The number of amides is 2. The van der Waals surface area contributed by atoms with Crippen LogP contribution in [0.2, 0.25) is 0 Å². The lowest BCUT2D eigenvalue weighted by Gasteiger charge is -2.08. The molecule has 2 heterocycles. The Morgan fingerprint density at radius 3 is 2.80 bits per heavy atom. The van der Waals surface area contributed by atoms with Crippen LogP contribution >= 0.6 is 23.1 Å². The SMILES string of the molecule is O=C(CSc1nnc(NCC2CCCO2)s1)NCC(=O)Nc1ccc(F)c(F)c1F. The van der Waals surface area contributed by atoms with Gasteiger partial charge in [-0.15, -0.1) is 10.2 Å². The molecule has 162 valence electrons. The summed E-state index contributed by atoms with van der Waals surface area (Å²) in [5.41, 5.74) is -0.514. The fraction of sp³-hybridized carbons (Fsp3) is 0.412. The van der Waals surface area contributed by atoms with Crippen molar-refractivity contribution in [3.8, 4) is 0 Å². The molecule has 0 aliphatic carbocycles. The van der Waals surface area contributed by atoms with Gasteiger partial charge >= 0.3 is 0 Å². The summed E-state index contributed by atoms with van der Waals surface area (Å²) < 4.78 is 45.7. The molecule has 30 heavy (non-hydrogen) atoms. The molecule has 0 spiro atoms. The summed E-state index contributed by atoms with van der Waals surface area (Å²) in [6.45, 7) is 0.960. The summed E-state index contributed by atoms with van der Waals surface area (Å²) in [5.74, 6) is -5.80. The molecule has 1 aliphatic rings. The number of benzene rings is 1. The minimum absolute atomic E-state index is 0.00676. The molecule has 1 aliphatic heterocycles. The van der Waals surface area contributed by atoms with Crippen molar-refractivity contribution in [2.45, 2.75) is 23.3 Å². The Kier molecular flexibility index (Phi) is 7.87. The number of thioether (sulfide) groups is 1. The molecule has 3 rings (SSSR count). The van der Waals surface area contributed by atoms with Crippen LogP contribution in [0.5, 0.6) is 0 Å². The lowest BCUT2D eigenvalue weighted by atomic mass is 10.2. The Labute approximate surface area is 178 Å². The highest BCUT2D eigenvalue weighted by Crippen LogP contribution is 2.25. The minimum Gasteiger partial charge on any atom is -0.376 e. The average Bonchev–Trinajstić information content (AvgIpc) is 3.41. The average molecular weight is 461 g/mol. The molecule has 2 aromatic rings. The normalized spacial score (nSPS) is 15.8. The molecular formula is C17H18F3N5O3S2. The molecule has 1 saturated heterocycles. The Morgan fingerprint density at radius 1 is 1.20 bits per heavy atom. The molecule has 1 fully saturated rings. The lowest BCUT2D eigenvalue weighted by molar-refractivity contribution is -0.122. The van der Waals surface area contributed by atoms with Gasteiger partial charge in [-0.3, -0.25) is 9.59 Å². The summed E-state index contributed by atoms with van der Waals surface area (Å²) in [5, 5.41) is 16.1. The van der Waals surface area contributed by atoms with E-state index in [0.717, 1.165) is 37.3 Å². The number of anilines is 2. The molecule has 1 aromatic heterocycles. The third-order valence-electron chi connectivity index (χ3n) is 3.99. The second-order valence-corrected chi connectivity index (χ2v) is 8.43. The molecule has 1 atom stereocenters. The molecular weight excluding hydrogens is 443 g/mol. The monoisotopic (exact) mass is 461 g/mol. The first-order valence-electron chi connectivity index (χ1n) is 8.94. The maximum Gasteiger partial charge on any atom is 0.243 e. The molecule has 0 bridgehead atoms. The fourth-order valence-corrected chi connectivity index (χ4v) is 4.11. The first-order valence-corrected chi connectivity index (χ1v) is 10.7. The number of carbonyl (C=O) groups is 2. The van der Waals surface area contributed by atoms with Crippen molar-refractivity contribution >= 4 is 45.7 Å². The zero-order valence-corrected chi connectivity index (χ0v) is 17.2. The molecule has 3 N–H and O–H groups in total. The first kappa shape index (κ1) is 22.3. The van der Waals surface area contributed by atoms with Gasteiger partial charge in [0, 0.05) is 13.2 Å². The predicted molar refractivity (Wildman–Crippen MR) is 106 cm³/mol. The number of halogens is 3. The summed E-state index contributed by atoms with van der Waals surface area (Å²) in [4.78, 5) is 23.6. The number of nitrogens with one attached hydrogen (secondary N) is 3. The van der Waals surface area contributed by atoms with Gasteiger partial charge < -0.3 is 20.7 Å². The fourth-order valence-electron chi connectivity index (χ4n) is 2.52. The number of hydrogen-bond donors (Lipinski definition) is 3. The Balaban J connectivity index is 1.36. The van der Waals surface area contributed by atoms with E-state index in [-0.39, 0.29) is 11.9 Å². The maximum atomic E-state index is 13.5. The summed E-state index contributed by atoms with van der Waals surface area (Å²) in [6, 6.07) is 1.58. The first-order chi connectivity index (χ1) is 14.4. The van der Waals surface area contributed by atoms with E-state index in [9.17, 15) is 22.8 Å². The third-order valence-corrected chi connectivity index (χ3v) is 6.01. The van der Waals surface area contributed by atoms with Crippen molar-refractivity contribution in [3.05, 3.63) is 29.6 Å². The molecule has 0 saturated carbocycles. The number of nitrogens with zero attached hydrogens (tertiary/aromatic N) is 2. The number of aromatic nitrogens is 2. The Hall–Kier alpha value is -2.38. The zero-order valence-electron chi connectivity index (χ0n) is 15.5. The molecule has 0 radical (unpaired) electrons. The minimum atomic E-state index is -1.69. The molecule has 1 unspecified atom stereocenters. The molecule has 8 nitrogen and oxygen atoms in total. The van der Waals surface area contributed by atoms with Crippen molar-refractivity contribution in [1.29, 1.82) is 0 Å². The van der Waals surface area contributed by atoms with Crippen LogP contribution in [0.25, 0.3) is 0 Å². The van der Waals surface area contributed by atoms with Crippen LogP contribution in [0, 0.1) is 17.5 Å². The molecule has 1 aromatic carbocycles. The van der Waals surface area contributed by atoms with Crippen LogP contribution in [-0.4, -0.2) is 53.6 Å². The van der Waals surface area contributed by atoms with E-state index >= 15 is 0 Å². The Morgan fingerprint density at radius 2 is 2.03 bits per heavy atom. The number of rotatable bonds is 9. The highest BCUT2D eigenvalue weighted by Gasteiger charge is 2.17. The van der Waals surface area contributed by atoms with Crippen molar-refractivity contribution in [3.63, 3.8) is 0 Å². The van der Waals surface area contributed by atoms with E-state index in [1.807, 2.05) is 0 Å². The molecule has 13 heteroatoms. The van der Waals surface area contributed by atoms with Gasteiger partial charge in [0.2, 0.25) is 16.9 Å². The third kappa shape index (κ3) is 6.31. The highest BCUT2D eigenvalue weighted by atomic mass is 32.2. The van der Waals surface area contributed by atoms with E-state index in [1.165, 1.54) is 11.3 Å². The second kappa shape index (κ2) is 10.6. The van der Waals surface area contributed by atoms with Gasteiger partial charge in [-0.05, 0) is 25.0 Å². The van der Waals surface area contributed by atoms with Crippen LogP contribution in [0.4, 0.5) is 24.0 Å². The van der Waals surface area contributed by atoms with Gasteiger partial charge in [-0.2, -0.15) is 0 Å². The number of hydrogen-bond acceptors (Lipinski definition) is 8. The number of carbonyl (C=O) groups excluding carboxylic acids is 2. The standard InChI is InChI=1S/C17H18F3N5O3S2/c18-10-3-4-11(15(20)14(10)19)23-12(26)7-21-13(27)8-29-17-25-24-16(30-17)22-6-9-2-1-5-28-9/h3-4,9H,1-2,5-8H2,(H,21,27)(H,22,24)(H,23,26). The van der Waals surface area contributed by atoms with E-state index in [1.54, 1.807) is 0 Å². The maximum absolute atomic E-state index is 13.5. The van der Waals surface area contributed by atoms with E-state index in [4.69, 9.17) is 4.74 Å². The van der Waals surface area contributed by atoms with Crippen LogP contribution < -0.4 is 16.0 Å². The van der Waals surface area contributed by atoms with Crippen molar-refractivity contribution in [2.75, 3.05) is 36.1 Å². The van der Waals surface area contributed by atoms with Gasteiger partial charge in [0.05, 0.1) is 24.1 Å². The van der Waals surface area contributed by atoms with Crippen LogP contribution in [0.3, 0.4) is 0 Å². The van der Waals surface area contributed by atoms with E-state index in [0.29, 0.717) is 22.1 Å². The van der Waals surface area contributed by atoms with Gasteiger partial charge in [0.1, 0.15) is 0 Å². The van der Waals surface area contributed by atoms with Gasteiger partial charge in [-0.25, -0.2) is 13.2 Å². The Bertz CT molecular complexity index is 909. The highest BCUT2D eigenvalue weighted by molar-refractivity contribution is 8.01. The smallest absolute Gasteiger partial charge is 0.243 e. The number of ether oxygens (including phenoxy) is 1. The van der Waals surface area contributed by atoms with Crippen LogP contribution in [-0.2, 0) is 14.3 Å². The van der Waals surface area contributed by atoms with Crippen molar-refractivity contribution < 1.29 is 27.5 Å². The van der Waals surface area contributed by atoms with Gasteiger partial charge in [0.15, 0.2) is 21.8 Å². The van der Waals surface area contributed by atoms with Crippen molar-refractivity contribution in [2.24, 2.45) is 0 Å². The van der Waals surface area contributed by atoms with Gasteiger partial charge in [-0.1, -0.05) is 23.1 Å². The quantitative estimate of drug-likeness (QED) is 0.389. The second-order valence-electron chi connectivity index (χ2n) is 6.23. The van der Waals surface area contributed by atoms with Crippen molar-refractivity contribution in [1.82, 2.24) is 15.5 Å². The van der Waals surface area contributed by atoms with Gasteiger partial charge in [0.25, 0.3) is 0 Å². The topological polar surface area (TPSA) is 105 Å². The van der Waals surface area contributed by atoms with Crippen LogP contribution in [0.15, 0.2) is 16.5 Å². The zero-order chi connectivity index (χ0) is 21.5. The van der Waals surface area contributed by atoms with E-state index < -0.39 is 41.5 Å². The summed E-state index contributed by atoms with van der Waals surface area (Å²) in [6.07, 6.45) is 2.22. The molecule has 2 amide bonds.